The number of benzene rings is 1. The van der Waals surface area contributed by atoms with Crippen LogP contribution in [0.25, 0.3) is 0 Å². The van der Waals surface area contributed by atoms with E-state index >= 15 is 0 Å². The maximum atomic E-state index is 13.5. The third-order valence-electron chi connectivity index (χ3n) is 4.08. The van der Waals surface area contributed by atoms with Crippen molar-refractivity contribution in [3.05, 3.63) is 34.6 Å². The summed E-state index contributed by atoms with van der Waals surface area (Å²) in [7, 11) is 0. The third kappa shape index (κ3) is 2.40. The van der Waals surface area contributed by atoms with E-state index in [-0.39, 0.29) is 23.0 Å². The van der Waals surface area contributed by atoms with Gasteiger partial charge in [-0.25, -0.2) is 4.39 Å². The summed E-state index contributed by atoms with van der Waals surface area (Å²) in [5.41, 5.74) is 0.395. The average molecular weight is 347 g/mol. The molecule has 0 saturated carbocycles. The average Bonchev–Trinajstić information content (AvgIpc) is 2.64. The van der Waals surface area contributed by atoms with E-state index in [1.165, 1.54) is 12.1 Å². The van der Waals surface area contributed by atoms with E-state index < -0.39 is 5.82 Å². The maximum absolute atomic E-state index is 13.5. The molecule has 2 saturated heterocycles. The SMILES string of the molecule is O=C(c1ccc(Cl)c(F)c1)N1C2CCC1CC(Br)C2. The lowest BCUT2D eigenvalue weighted by Crippen LogP contribution is -2.46. The highest BCUT2D eigenvalue weighted by Gasteiger charge is 2.42. The summed E-state index contributed by atoms with van der Waals surface area (Å²) >= 11 is 9.30. The molecule has 0 aromatic heterocycles. The van der Waals surface area contributed by atoms with E-state index in [1.807, 2.05) is 4.90 Å². The molecule has 2 aliphatic rings. The van der Waals surface area contributed by atoms with E-state index in [1.54, 1.807) is 6.07 Å². The van der Waals surface area contributed by atoms with Gasteiger partial charge in [0.25, 0.3) is 5.91 Å². The van der Waals surface area contributed by atoms with Gasteiger partial charge in [-0.1, -0.05) is 27.5 Å². The molecule has 1 aromatic carbocycles. The van der Waals surface area contributed by atoms with Crippen LogP contribution in [0, 0.1) is 5.82 Å². The smallest absolute Gasteiger partial charge is 0.254 e. The lowest BCUT2D eigenvalue weighted by atomic mass is 10.0. The molecule has 2 atom stereocenters. The standard InChI is InChI=1S/C14H14BrClFNO/c15-9-6-10-2-3-11(7-9)18(10)14(19)8-1-4-12(16)13(17)5-8/h1,4-5,9-11H,2-3,6-7H2. The molecule has 1 aromatic rings. The highest BCUT2D eigenvalue weighted by Crippen LogP contribution is 2.39. The highest BCUT2D eigenvalue weighted by molar-refractivity contribution is 9.09. The Morgan fingerprint density at radius 1 is 1.32 bits per heavy atom. The van der Waals surface area contributed by atoms with Crippen LogP contribution in [-0.4, -0.2) is 27.7 Å². The van der Waals surface area contributed by atoms with E-state index in [0.29, 0.717) is 10.4 Å². The summed E-state index contributed by atoms with van der Waals surface area (Å²) in [6, 6.07) is 4.87. The minimum Gasteiger partial charge on any atom is -0.333 e. The molecular formula is C14H14BrClFNO. The van der Waals surface area contributed by atoms with Crippen LogP contribution in [0.15, 0.2) is 18.2 Å². The van der Waals surface area contributed by atoms with E-state index in [0.717, 1.165) is 25.7 Å². The summed E-state index contributed by atoms with van der Waals surface area (Å²) in [6.45, 7) is 0. The number of alkyl halides is 1. The second kappa shape index (κ2) is 5.06. The summed E-state index contributed by atoms with van der Waals surface area (Å²) in [4.78, 5) is 15.0. The van der Waals surface area contributed by atoms with Crippen LogP contribution in [0.2, 0.25) is 5.02 Å². The predicted molar refractivity (Wildman–Crippen MR) is 76.3 cm³/mol. The Hall–Kier alpha value is -0.610. The number of carbonyl (C=O) groups is 1. The minimum atomic E-state index is -0.532. The lowest BCUT2D eigenvalue weighted by molar-refractivity contribution is 0.0603. The maximum Gasteiger partial charge on any atom is 0.254 e. The van der Waals surface area contributed by atoms with Gasteiger partial charge in [-0.2, -0.15) is 0 Å². The Morgan fingerprint density at radius 2 is 1.95 bits per heavy atom. The van der Waals surface area contributed by atoms with Gasteiger partial charge in [-0.15, -0.1) is 0 Å². The molecular weight excluding hydrogens is 333 g/mol. The zero-order chi connectivity index (χ0) is 13.6. The third-order valence-corrected chi connectivity index (χ3v) is 5.13. The molecule has 2 nitrogen and oxygen atoms in total. The van der Waals surface area contributed by atoms with Gasteiger partial charge in [-0.05, 0) is 43.9 Å². The molecule has 2 unspecified atom stereocenters. The quantitative estimate of drug-likeness (QED) is 0.704. The number of piperidine rings is 1. The van der Waals surface area contributed by atoms with Gasteiger partial charge in [0.2, 0.25) is 0 Å². The van der Waals surface area contributed by atoms with Crippen LogP contribution in [0.5, 0.6) is 0 Å². The van der Waals surface area contributed by atoms with Crippen molar-refractivity contribution in [3.63, 3.8) is 0 Å². The molecule has 1 amide bonds. The molecule has 0 spiro atoms. The van der Waals surface area contributed by atoms with Crippen molar-refractivity contribution in [2.45, 2.75) is 42.6 Å². The number of hydrogen-bond donors (Lipinski definition) is 0. The fourth-order valence-electron chi connectivity index (χ4n) is 3.22. The van der Waals surface area contributed by atoms with Crippen molar-refractivity contribution in [3.8, 4) is 0 Å². The second-order valence-electron chi connectivity index (χ2n) is 5.29. The van der Waals surface area contributed by atoms with Gasteiger partial charge >= 0.3 is 0 Å². The zero-order valence-corrected chi connectivity index (χ0v) is 12.6. The topological polar surface area (TPSA) is 20.3 Å². The first-order chi connectivity index (χ1) is 9.06. The van der Waals surface area contributed by atoms with E-state index in [9.17, 15) is 9.18 Å². The molecule has 19 heavy (non-hydrogen) atoms. The molecule has 0 N–H and O–H groups in total. The highest BCUT2D eigenvalue weighted by atomic mass is 79.9. The predicted octanol–water partition coefficient (Wildman–Crippen LogP) is 4.01. The van der Waals surface area contributed by atoms with Crippen LogP contribution in [0.3, 0.4) is 0 Å². The Bertz CT molecular complexity index is 510. The Morgan fingerprint density at radius 3 is 2.53 bits per heavy atom. The molecule has 5 heteroatoms. The molecule has 3 rings (SSSR count). The Kier molecular flexibility index (Phi) is 3.56. The zero-order valence-electron chi connectivity index (χ0n) is 10.3. The number of fused-ring (bicyclic) bond motifs is 2. The van der Waals surface area contributed by atoms with Crippen molar-refractivity contribution in [1.29, 1.82) is 0 Å². The number of carbonyl (C=O) groups excluding carboxylic acids is 1. The first-order valence-corrected chi connectivity index (χ1v) is 7.77. The number of hydrogen-bond acceptors (Lipinski definition) is 1. The van der Waals surface area contributed by atoms with Crippen molar-refractivity contribution < 1.29 is 9.18 Å². The van der Waals surface area contributed by atoms with Crippen LogP contribution >= 0.6 is 27.5 Å². The summed E-state index contributed by atoms with van der Waals surface area (Å²) in [6.07, 6.45) is 4.07. The fraction of sp³-hybridized carbons (Fsp3) is 0.500. The number of rotatable bonds is 1. The number of halogens is 3. The number of nitrogens with zero attached hydrogens (tertiary/aromatic N) is 1. The van der Waals surface area contributed by atoms with Crippen LogP contribution in [-0.2, 0) is 0 Å². The molecule has 0 aliphatic carbocycles. The molecule has 0 radical (unpaired) electrons. The minimum absolute atomic E-state index is 0.0543. The van der Waals surface area contributed by atoms with Gasteiger partial charge in [0.1, 0.15) is 5.82 Å². The van der Waals surface area contributed by atoms with Crippen molar-refractivity contribution >= 4 is 33.4 Å². The molecule has 2 heterocycles. The lowest BCUT2D eigenvalue weighted by Gasteiger charge is -2.37. The second-order valence-corrected chi connectivity index (χ2v) is 7.00. The van der Waals surface area contributed by atoms with Crippen LogP contribution < -0.4 is 0 Å². The molecule has 2 aliphatic heterocycles. The van der Waals surface area contributed by atoms with Gasteiger partial charge in [0.15, 0.2) is 0 Å². The normalized spacial score (nSPS) is 29.6. The van der Waals surface area contributed by atoms with Gasteiger partial charge in [0.05, 0.1) is 5.02 Å². The molecule has 102 valence electrons. The Labute approximate surface area is 125 Å². The monoisotopic (exact) mass is 345 g/mol. The van der Waals surface area contributed by atoms with Gasteiger partial charge < -0.3 is 4.90 Å². The first-order valence-electron chi connectivity index (χ1n) is 6.48. The first kappa shape index (κ1) is 13.4. The van der Waals surface area contributed by atoms with E-state index in [4.69, 9.17) is 11.6 Å². The van der Waals surface area contributed by atoms with Crippen molar-refractivity contribution in [1.82, 2.24) is 4.90 Å². The van der Waals surface area contributed by atoms with E-state index in [2.05, 4.69) is 15.9 Å². The van der Waals surface area contributed by atoms with Gasteiger partial charge in [0, 0.05) is 22.5 Å². The fourth-order valence-corrected chi connectivity index (χ4v) is 4.20. The van der Waals surface area contributed by atoms with Gasteiger partial charge in [-0.3, -0.25) is 4.79 Å². The largest absolute Gasteiger partial charge is 0.333 e. The van der Waals surface area contributed by atoms with Crippen molar-refractivity contribution in [2.24, 2.45) is 0 Å². The molecule has 2 fully saturated rings. The Balaban J connectivity index is 1.86. The summed E-state index contributed by atoms with van der Waals surface area (Å²) in [5, 5.41) is 0.0543. The summed E-state index contributed by atoms with van der Waals surface area (Å²) < 4.78 is 13.5. The van der Waals surface area contributed by atoms with Crippen LogP contribution in [0.4, 0.5) is 4.39 Å². The van der Waals surface area contributed by atoms with Crippen LogP contribution in [0.1, 0.15) is 36.0 Å². The van der Waals surface area contributed by atoms with Crippen molar-refractivity contribution in [2.75, 3.05) is 0 Å². The molecule has 2 bridgehead atoms. The summed E-state index contributed by atoms with van der Waals surface area (Å²) in [5.74, 6) is -0.599. The number of amides is 1.